The summed E-state index contributed by atoms with van der Waals surface area (Å²) in [5.41, 5.74) is 2.92. The van der Waals surface area contributed by atoms with Gasteiger partial charge in [-0.25, -0.2) is 0 Å². The number of carbonyl (C=O) groups is 1. The number of benzene rings is 1. The van der Waals surface area contributed by atoms with Gasteiger partial charge in [-0.15, -0.1) is 0 Å². The minimum Gasteiger partial charge on any atom is -0.317 e. The molecule has 0 aliphatic carbocycles. The number of nitrogens with one attached hydrogen (secondary N) is 1. The smallest absolute Gasteiger partial charge is 0.256 e. The molecule has 1 aromatic carbocycles. The molecule has 3 unspecified atom stereocenters. The van der Waals surface area contributed by atoms with Crippen LogP contribution in [0.5, 0.6) is 0 Å². The predicted octanol–water partition coefficient (Wildman–Crippen LogP) is 2.36. The monoisotopic (exact) mass is 399 g/mol. The van der Waals surface area contributed by atoms with Crippen LogP contribution in [0.1, 0.15) is 31.7 Å². The molecule has 0 aromatic heterocycles. The van der Waals surface area contributed by atoms with Crippen molar-refractivity contribution in [1.82, 2.24) is 15.1 Å². The van der Waals surface area contributed by atoms with Crippen molar-refractivity contribution in [2.75, 3.05) is 26.2 Å². The topological polar surface area (TPSA) is 60.3 Å². The third-order valence-electron chi connectivity index (χ3n) is 5.65. The summed E-state index contributed by atoms with van der Waals surface area (Å²) >= 11 is 1.57. The van der Waals surface area contributed by atoms with E-state index in [-0.39, 0.29) is 23.4 Å². The molecule has 3 aliphatic heterocycles. The van der Waals surface area contributed by atoms with Crippen LogP contribution in [0, 0.1) is 0 Å². The van der Waals surface area contributed by atoms with Crippen molar-refractivity contribution in [3.63, 3.8) is 0 Å². The van der Waals surface area contributed by atoms with Crippen LogP contribution in [-0.2, 0) is 11.3 Å². The minimum absolute atomic E-state index is 0.0901. The third-order valence-corrected chi connectivity index (χ3v) is 6.54. The van der Waals surface area contributed by atoms with Crippen LogP contribution in [0.3, 0.4) is 0 Å². The maximum absolute atomic E-state index is 13.3. The van der Waals surface area contributed by atoms with Crippen LogP contribution in [0.2, 0.25) is 0 Å². The molecule has 1 fully saturated rings. The average Bonchev–Trinajstić information content (AvgIpc) is 3.16. The maximum Gasteiger partial charge on any atom is 0.256 e. The summed E-state index contributed by atoms with van der Waals surface area (Å²) in [5, 5.41) is 3.38. The van der Waals surface area contributed by atoms with E-state index in [1.807, 2.05) is 23.1 Å². The highest BCUT2D eigenvalue weighted by molar-refractivity contribution is 8.13. The number of amidine groups is 1. The summed E-state index contributed by atoms with van der Waals surface area (Å²) < 4.78 is 0. The van der Waals surface area contributed by atoms with Gasteiger partial charge in [-0.3, -0.25) is 24.6 Å². The summed E-state index contributed by atoms with van der Waals surface area (Å²) in [6, 6.07) is 10.0. The number of hydrogen-bond acceptors (Lipinski definition) is 6. The van der Waals surface area contributed by atoms with E-state index in [4.69, 9.17) is 4.99 Å². The van der Waals surface area contributed by atoms with Crippen molar-refractivity contribution in [2.45, 2.75) is 50.2 Å². The first kappa shape index (κ1) is 19.6. The Kier molecular flexibility index (Phi) is 6.44. The van der Waals surface area contributed by atoms with E-state index in [0.717, 1.165) is 56.8 Å². The number of nitrogens with zero attached hydrogens (tertiary/aromatic N) is 4. The van der Waals surface area contributed by atoms with Gasteiger partial charge in [0, 0.05) is 13.1 Å². The van der Waals surface area contributed by atoms with Gasteiger partial charge in [0.2, 0.25) is 0 Å². The van der Waals surface area contributed by atoms with Crippen molar-refractivity contribution in [1.29, 1.82) is 0 Å². The molecule has 0 saturated carbocycles. The highest BCUT2D eigenvalue weighted by Crippen LogP contribution is 2.31. The van der Waals surface area contributed by atoms with Crippen LogP contribution in [0.15, 0.2) is 40.3 Å². The molecule has 0 spiro atoms. The second-order valence-electron chi connectivity index (χ2n) is 7.54. The average molecular weight is 400 g/mol. The minimum atomic E-state index is -0.369. The Morgan fingerprint density at radius 3 is 2.68 bits per heavy atom. The highest BCUT2D eigenvalue weighted by atomic mass is 32.2. The number of hydrogen-bond donors (Lipinski definition) is 1. The molecule has 7 heteroatoms. The zero-order valence-electron chi connectivity index (χ0n) is 16.5. The summed E-state index contributed by atoms with van der Waals surface area (Å²) in [7, 11) is 0. The number of rotatable bonds is 5. The van der Waals surface area contributed by atoms with E-state index in [9.17, 15) is 4.79 Å². The molecule has 3 heterocycles. The molecule has 4 rings (SSSR count). The molecule has 150 valence electrons. The molecule has 3 aliphatic rings. The van der Waals surface area contributed by atoms with Crippen molar-refractivity contribution in [3.05, 3.63) is 35.9 Å². The van der Waals surface area contributed by atoms with E-state index in [2.05, 4.69) is 34.3 Å². The third kappa shape index (κ3) is 4.16. The van der Waals surface area contributed by atoms with Crippen molar-refractivity contribution < 1.29 is 4.79 Å². The van der Waals surface area contributed by atoms with Crippen LogP contribution in [-0.4, -0.2) is 70.7 Å². The number of amides is 1. The standard InChI is InChI=1S/C21H29N5OS/c1-2-17(25-12-6-10-22-11-7-13-25)19-24-20-18(23-15-28-20)21(27)26(19)14-16-8-4-3-5-9-16/h3-5,8-9,15,17-18,20,22H,2,6-7,10-14H2,1H3. The van der Waals surface area contributed by atoms with Crippen LogP contribution < -0.4 is 5.32 Å². The Hall–Kier alpha value is -1.70. The molecule has 0 radical (unpaired) electrons. The molecule has 0 bridgehead atoms. The fourth-order valence-corrected chi connectivity index (χ4v) is 5.06. The number of carbonyl (C=O) groups excluding carboxylic acids is 1. The molecular weight excluding hydrogens is 370 g/mol. The number of thioether (sulfide) groups is 1. The van der Waals surface area contributed by atoms with Gasteiger partial charge in [-0.05, 0) is 37.9 Å². The largest absolute Gasteiger partial charge is 0.317 e. The van der Waals surface area contributed by atoms with E-state index in [1.54, 1.807) is 17.3 Å². The van der Waals surface area contributed by atoms with Gasteiger partial charge < -0.3 is 5.32 Å². The van der Waals surface area contributed by atoms with Crippen molar-refractivity contribution in [2.24, 2.45) is 9.98 Å². The summed E-state index contributed by atoms with van der Waals surface area (Å²) in [6.45, 7) is 6.96. The Labute approximate surface area is 171 Å². The van der Waals surface area contributed by atoms with Gasteiger partial charge in [-0.2, -0.15) is 0 Å². The molecule has 1 N–H and O–H groups in total. The number of aliphatic imine (C=N–C) groups is 2. The van der Waals surface area contributed by atoms with Crippen molar-refractivity contribution in [3.8, 4) is 0 Å². The SMILES string of the molecule is CCC(C1=NC2SC=NC2C(=O)N1Cc1ccccc1)N1CCCNCCC1. The van der Waals surface area contributed by atoms with Gasteiger partial charge >= 0.3 is 0 Å². The molecule has 1 saturated heterocycles. The maximum atomic E-state index is 13.3. The summed E-state index contributed by atoms with van der Waals surface area (Å²) in [4.78, 5) is 27.3. The molecule has 28 heavy (non-hydrogen) atoms. The first-order valence-corrected chi connectivity index (χ1v) is 11.3. The van der Waals surface area contributed by atoms with Gasteiger partial charge in [0.25, 0.3) is 5.91 Å². The lowest BCUT2D eigenvalue weighted by Crippen LogP contribution is -2.57. The van der Waals surface area contributed by atoms with Crippen LogP contribution in [0.25, 0.3) is 0 Å². The summed E-state index contributed by atoms with van der Waals surface area (Å²) in [5.74, 6) is 1.02. The fraction of sp³-hybridized carbons (Fsp3) is 0.571. The number of fused-ring (bicyclic) bond motifs is 1. The van der Waals surface area contributed by atoms with E-state index in [0.29, 0.717) is 6.54 Å². The lowest BCUT2D eigenvalue weighted by Gasteiger charge is -2.40. The normalized spacial score (nSPS) is 27.1. The predicted molar refractivity (Wildman–Crippen MR) is 116 cm³/mol. The van der Waals surface area contributed by atoms with Crippen molar-refractivity contribution >= 4 is 29.1 Å². The summed E-state index contributed by atoms with van der Waals surface area (Å²) in [6.07, 6.45) is 3.20. The Bertz CT molecular complexity index is 730. The molecular formula is C21H29N5OS. The highest BCUT2D eigenvalue weighted by Gasteiger charge is 2.43. The van der Waals surface area contributed by atoms with Gasteiger partial charge in [0.1, 0.15) is 11.2 Å². The zero-order valence-corrected chi connectivity index (χ0v) is 17.3. The second-order valence-corrected chi connectivity index (χ2v) is 8.51. The van der Waals surface area contributed by atoms with Crippen LogP contribution in [0.4, 0.5) is 0 Å². The van der Waals surface area contributed by atoms with E-state index in [1.165, 1.54) is 0 Å². The van der Waals surface area contributed by atoms with Gasteiger partial charge in [0.05, 0.1) is 18.1 Å². The Morgan fingerprint density at radius 2 is 1.96 bits per heavy atom. The molecule has 1 aromatic rings. The quantitative estimate of drug-likeness (QED) is 0.826. The zero-order chi connectivity index (χ0) is 19.3. The van der Waals surface area contributed by atoms with E-state index >= 15 is 0 Å². The molecule has 1 amide bonds. The fourth-order valence-electron chi connectivity index (χ4n) is 4.23. The molecule has 3 atom stereocenters. The Morgan fingerprint density at radius 1 is 1.21 bits per heavy atom. The Balaban J connectivity index is 1.64. The lowest BCUT2D eigenvalue weighted by molar-refractivity contribution is -0.129. The molecule has 6 nitrogen and oxygen atoms in total. The second kappa shape index (κ2) is 9.20. The first-order chi connectivity index (χ1) is 13.8. The lowest BCUT2D eigenvalue weighted by atomic mass is 10.0. The first-order valence-electron chi connectivity index (χ1n) is 10.3. The van der Waals surface area contributed by atoms with Crippen LogP contribution >= 0.6 is 11.8 Å². The van der Waals surface area contributed by atoms with Gasteiger partial charge in [-0.1, -0.05) is 49.0 Å². The van der Waals surface area contributed by atoms with E-state index < -0.39 is 0 Å². The van der Waals surface area contributed by atoms with Gasteiger partial charge in [0.15, 0.2) is 6.04 Å².